The molecule has 4 atom stereocenters. The van der Waals surface area contributed by atoms with Crippen molar-refractivity contribution in [1.29, 1.82) is 0 Å². The Kier molecular flexibility index (Phi) is 4.05. The van der Waals surface area contributed by atoms with E-state index in [1.807, 2.05) is 0 Å². The fraction of sp³-hybridized carbons (Fsp3) is 0.765. The molecule has 0 unspecified atom stereocenters. The van der Waals surface area contributed by atoms with Crippen molar-refractivity contribution in [2.45, 2.75) is 44.9 Å². The first kappa shape index (κ1) is 14.6. The summed E-state index contributed by atoms with van der Waals surface area (Å²) in [4.78, 5) is 24.5. The van der Waals surface area contributed by atoms with Gasteiger partial charge in [0, 0.05) is 0 Å². The average Bonchev–Trinajstić information content (AvgIpc) is 3.13. The van der Waals surface area contributed by atoms with E-state index in [2.05, 4.69) is 0 Å². The Bertz CT molecular complexity index is 437. The zero-order chi connectivity index (χ0) is 15.0. The molecule has 0 aromatic heterocycles. The Morgan fingerprint density at radius 2 is 1.29 bits per heavy atom. The molecule has 0 N–H and O–H groups in total. The highest BCUT2D eigenvalue weighted by atomic mass is 16.5. The number of carbonyl (C=O) groups is 2. The van der Waals surface area contributed by atoms with Gasteiger partial charge in [0.25, 0.3) is 0 Å². The van der Waals surface area contributed by atoms with Crippen LogP contribution >= 0.6 is 0 Å². The van der Waals surface area contributed by atoms with Gasteiger partial charge in [0.2, 0.25) is 0 Å². The van der Waals surface area contributed by atoms with Gasteiger partial charge in [-0.05, 0) is 56.8 Å². The molecule has 0 aromatic rings. The van der Waals surface area contributed by atoms with Gasteiger partial charge in [0.05, 0.1) is 26.1 Å². The van der Waals surface area contributed by atoms with E-state index in [0.29, 0.717) is 18.3 Å². The monoisotopic (exact) mass is 292 g/mol. The van der Waals surface area contributed by atoms with E-state index in [1.165, 1.54) is 25.4 Å². The topological polar surface area (TPSA) is 52.6 Å². The van der Waals surface area contributed by atoms with Gasteiger partial charge in [0.1, 0.15) is 0 Å². The normalized spacial score (nSPS) is 35.0. The second-order valence-corrected chi connectivity index (χ2v) is 6.54. The number of rotatable bonds is 2. The number of fused-ring (bicyclic) bond motifs is 2. The Balaban J connectivity index is 2.01. The summed E-state index contributed by atoms with van der Waals surface area (Å²) in [6.45, 7) is 0. The molecule has 4 nitrogen and oxygen atoms in total. The van der Waals surface area contributed by atoms with Crippen LogP contribution < -0.4 is 0 Å². The molecule has 21 heavy (non-hydrogen) atoms. The predicted molar refractivity (Wildman–Crippen MR) is 77.3 cm³/mol. The smallest absolute Gasteiger partial charge is 0.309 e. The molecular formula is C17H24O4. The summed E-state index contributed by atoms with van der Waals surface area (Å²) in [6.07, 6.45) is 7.20. The van der Waals surface area contributed by atoms with Gasteiger partial charge in [-0.1, -0.05) is 11.1 Å². The third kappa shape index (κ3) is 2.39. The van der Waals surface area contributed by atoms with Gasteiger partial charge in [-0.15, -0.1) is 0 Å². The first-order valence-corrected chi connectivity index (χ1v) is 8.04. The largest absolute Gasteiger partial charge is 0.469 e. The molecule has 3 aliphatic carbocycles. The van der Waals surface area contributed by atoms with Gasteiger partial charge >= 0.3 is 11.9 Å². The van der Waals surface area contributed by atoms with Gasteiger partial charge < -0.3 is 9.47 Å². The van der Waals surface area contributed by atoms with Crippen molar-refractivity contribution in [2.75, 3.05) is 14.2 Å². The van der Waals surface area contributed by atoms with Crippen molar-refractivity contribution in [3.63, 3.8) is 0 Å². The summed E-state index contributed by atoms with van der Waals surface area (Å²) in [5.41, 5.74) is 2.94. The lowest BCUT2D eigenvalue weighted by molar-refractivity contribution is -0.151. The van der Waals surface area contributed by atoms with Crippen molar-refractivity contribution in [3.05, 3.63) is 11.1 Å². The molecule has 0 amide bonds. The fourth-order valence-electron chi connectivity index (χ4n) is 4.86. The number of allylic oxidation sites excluding steroid dienone is 2. The molecule has 2 fully saturated rings. The van der Waals surface area contributed by atoms with Crippen molar-refractivity contribution in [3.8, 4) is 0 Å². The number of methoxy groups -OCH3 is 2. The first-order valence-electron chi connectivity index (χ1n) is 8.04. The maximum atomic E-state index is 12.2. The third-order valence-corrected chi connectivity index (χ3v) is 5.72. The highest BCUT2D eigenvalue weighted by molar-refractivity contribution is 5.78. The summed E-state index contributed by atoms with van der Waals surface area (Å²) in [5, 5.41) is 0. The summed E-state index contributed by atoms with van der Waals surface area (Å²) in [6, 6.07) is 0. The molecular weight excluding hydrogens is 268 g/mol. The van der Waals surface area contributed by atoms with Crippen LogP contribution in [0, 0.1) is 23.7 Å². The molecule has 0 aliphatic heterocycles. The SMILES string of the molecule is COC(=O)[C@H]1C[C@H](C(=O)OC)[C@H]2CCCC2=C2CCC[C@H]21. The van der Waals surface area contributed by atoms with Crippen molar-refractivity contribution >= 4 is 11.9 Å². The Morgan fingerprint density at radius 1 is 0.857 bits per heavy atom. The molecule has 4 heteroatoms. The van der Waals surface area contributed by atoms with E-state index < -0.39 is 0 Å². The van der Waals surface area contributed by atoms with E-state index in [-0.39, 0.29) is 23.8 Å². The van der Waals surface area contributed by atoms with Crippen LogP contribution in [0.1, 0.15) is 44.9 Å². The number of ether oxygens (including phenoxy) is 2. The number of carbonyl (C=O) groups excluding carboxylic acids is 2. The summed E-state index contributed by atoms with van der Waals surface area (Å²) in [5.74, 6) is -0.0717. The predicted octanol–water partition coefficient (Wildman–Crippen LogP) is 2.87. The average molecular weight is 292 g/mol. The fourth-order valence-corrected chi connectivity index (χ4v) is 4.86. The molecule has 0 bridgehead atoms. The lowest BCUT2D eigenvalue weighted by atomic mass is 9.81. The number of esters is 2. The molecule has 116 valence electrons. The summed E-state index contributed by atoms with van der Waals surface area (Å²) >= 11 is 0. The van der Waals surface area contributed by atoms with E-state index in [0.717, 1.165) is 38.5 Å². The molecule has 0 saturated heterocycles. The van der Waals surface area contributed by atoms with Crippen molar-refractivity contribution < 1.29 is 19.1 Å². The molecule has 0 aromatic carbocycles. The van der Waals surface area contributed by atoms with Gasteiger partial charge in [-0.25, -0.2) is 0 Å². The minimum Gasteiger partial charge on any atom is -0.469 e. The Morgan fingerprint density at radius 3 is 1.67 bits per heavy atom. The van der Waals surface area contributed by atoms with Crippen LogP contribution in [0.4, 0.5) is 0 Å². The van der Waals surface area contributed by atoms with Crippen LogP contribution in [-0.4, -0.2) is 26.2 Å². The van der Waals surface area contributed by atoms with Crippen LogP contribution in [-0.2, 0) is 19.1 Å². The van der Waals surface area contributed by atoms with Crippen molar-refractivity contribution in [2.24, 2.45) is 23.7 Å². The second-order valence-electron chi connectivity index (χ2n) is 6.54. The van der Waals surface area contributed by atoms with Gasteiger partial charge in [0.15, 0.2) is 0 Å². The summed E-state index contributed by atoms with van der Waals surface area (Å²) < 4.78 is 10.0. The zero-order valence-electron chi connectivity index (χ0n) is 12.9. The Labute approximate surface area is 125 Å². The highest BCUT2D eigenvalue weighted by Gasteiger charge is 2.47. The van der Waals surface area contributed by atoms with E-state index in [9.17, 15) is 9.59 Å². The van der Waals surface area contributed by atoms with Crippen LogP contribution in [0.25, 0.3) is 0 Å². The molecule has 2 saturated carbocycles. The van der Waals surface area contributed by atoms with Crippen LogP contribution in [0.3, 0.4) is 0 Å². The highest BCUT2D eigenvalue weighted by Crippen LogP contribution is 2.52. The van der Waals surface area contributed by atoms with Crippen LogP contribution in [0.2, 0.25) is 0 Å². The standard InChI is InChI=1S/C17H24O4/c1-20-16(18)14-9-15(17(19)21-2)13-8-4-6-11(13)10-5-3-7-12(10)14/h12-15H,3-9H2,1-2H3/t12-,13+,14-,15-/m0/s1. The molecule has 0 radical (unpaired) electrons. The maximum absolute atomic E-state index is 12.2. The first-order chi connectivity index (χ1) is 10.2. The minimum absolute atomic E-state index is 0.158. The number of hydrogen-bond donors (Lipinski definition) is 0. The van der Waals surface area contributed by atoms with E-state index in [4.69, 9.17) is 9.47 Å². The van der Waals surface area contributed by atoms with Gasteiger partial charge in [-0.2, -0.15) is 0 Å². The molecule has 3 rings (SSSR count). The minimum atomic E-state index is -0.172. The quantitative estimate of drug-likeness (QED) is 0.580. The molecule has 0 spiro atoms. The van der Waals surface area contributed by atoms with Gasteiger partial charge in [-0.3, -0.25) is 9.59 Å². The van der Waals surface area contributed by atoms with Crippen LogP contribution in [0.15, 0.2) is 11.1 Å². The van der Waals surface area contributed by atoms with E-state index in [1.54, 1.807) is 0 Å². The molecule has 3 aliphatic rings. The maximum Gasteiger partial charge on any atom is 0.309 e. The second kappa shape index (κ2) is 5.82. The third-order valence-electron chi connectivity index (χ3n) is 5.72. The van der Waals surface area contributed by atoms with Crippen molar-refractivity contribution in [1.82, 2.24) is 0 Å². The van der Waals surface area contributed by atoms with E-state index >= 15 is 0 Å². The lowest BCUT2D eigenvalue weighted by Crippen LogP contribution is -2.30. The summed E-state index contributed by atoms with van der Waals surface area (Å²) in [7, 11) is 2.89. The number of hydrogen-bond acceptors (Lipinski definition) is 4. The Hall–Kier alpha value is -1.32. The lowest BCUT2D eigenvalue weighted by Gasteiger charge is -2.24. The molecule has 0 heterocycles. The zero-order valence-corrected chi connectivity index (χ0v) is 12.9. The van der Waals surface area contributed by atoms with Crippen LogP contribution in [0.5, 0.6) is 0 Å².